The molecule has 2 aromatic carbocycles. The van der Waals surface area contributed by atoms with Gasteiger partial charge in [0.05, 0.1) is 5.39 Å². The quantitative estimate of drug-likeness (QED) is 0.486. The van der Waals surface area contributed by atoms with Gasteiger partial charge in [0.2, 0.25) is 0 Å². The van der Waals surface area contributed by atoms with Gasteiger partial charge in [-0.2, -0.15) is 0 Å². The summed E-state index contributed by atoms with van der Waals surface area (Å²) in [6, 6.07) is 18.7. The number of likely N-dealkylation sites (N-methyl/N-ethyl adjacent to an activating group) is 1. The fourth-order valence-electron chi connectivity index (χ4n) is 3.85. The van der Waals surface area contributed by atoms with Crippen molar-refractivity contribution >= 4 is 32.8 Å². The van der Waals surface area contributed by atoms with Crippen molar-refractivity contribution in [2.45, 2.75) is 0 Å². The van der Waals surface area contributed by atoms with Crippen LogP contribution in [-0.2, 0) is 0 Å². The SMILES string of the molecule is CN1CCN(Nc2ncnc3c2c(-c2ccccc2)cn3-c2ccc(Br)cc2)CC1. The second-order valence-corrected chi connectivity index (χ2v) is 8.49. The van der Waals surface area contributed by atoms with E-state index in [1.54, 1.807) is 6.33 Å². The van der Waals surface area contributed by atoms with Gasteiger partial charge in [-0.1, -0.05) is 46.3 Å². The molecule has 0 saturated carbocycles. The topological polar surface area (TPSA) is 49.2 Å². The van der Waals surface area contributed by atoms with Crippen LogP contribution in [0.4, 0.5) is 5.82 Å². The second kappa shape index (κ2) is 8.18. The molecule has 6 nitrogen and oxygen atoms in total. The highest BCUT2D eigenvalue weighted by molar-refractivity contribution is 9.10. The number of nitrogens with zero attached hydrogens (tertiary/aromatic N) is 5. The average Bonchev–Trinajstić information content (AvgIpc) is 3.17. The molecular formula is C23H23BrN6. The lowest BCUT2D eigenvalue weighted by Gasteiger charge is -2.32. The van der Waals surface area contributed by atoms with E-state index in [-0.39, 0.29) is 0 Å². The molecule has 152 valence electrons. The van der Waals surface area contributed by atoms with Gasteiger partial charge in [-0.05, 0) is 36.9 Å². The van der Waals surface area contributed by atoms with Crippen LogP contribution in [0, 0.1) is 0 Å². The molecule has 1 aliphatic heterocycles. The van der Waals surface area contributed by atoms with Gasteiger partial charge >= 0.3 is 0 Å². The van der Waals surface area contributed by atoms with Gasteiger partial charge in [0.25, 0.3) is 0 Å². The first kappa shape index (κ1) is 19.2. The molecule has 7 heteroatoms. The summed E-state index contributed by atoms with van der Waals surface area (Å²) in [6.07, 6.45) is 3.80. The first-order valence-electron chi connectivity index (χ1n) is 10.1. The maximum atomic E-state index is 4.67. The van der Waals surface area contributed by atoms with Crippen LogP contribution >= 0.6 is 15.9 Å². The van der Waals surface area contributed by atoms with Crippen molar-refractivity contribution in [2.75, 3.05) is 38.7 Å². The lowest BCUT2D eigenvalue weighted by molar-refractivity contribution is 0.178. The Bertz CT molecular complexity index is 1150. The smallest absolute Gasteiger partial charge is 0.153 e. The molecule has 0 radical (unpaired) electrons. The highest BCUT2D eigenvalue weighted by Gasteiger charge is 2.20. The number of hydrogen-bond acceptors (Lipinski definition) is 5. The lowest BCUT2D eigenvalue weighted by atomic mass is 10.1. The van der Waals surface area contributed by atoms with Crippen LogP contribution in [0.25, 0.3) is 27.8 Å². The molecule has 2 aromatic heterocycles. The third-order valence-electron chi connectivity index (χ3n) is 5.54. The Morgan fingerprint density at radius 2 is 1.63 bits per heavy atom. The highest BCUT2D eigenvalue weighted by atomic mass is 79.9. The number of anilines is 1. The van der Waals surface area contributed by atoms with Gasteiger partial charge in [-0.3, -0.25) is 0 Å². The number of aromatic nitrogens is 3. The lowest BCUT2D eigenvalue weighted by Crippen LogP contribution is -2.47. The number of hydrazine groups is 1. The van der Waals surface area contributed by atoms with E-state index >= 15 is 0 Å². The molecular weight excluding hydrogens is 440 g/mol. The van der Waals surface area contributed by atoms with E-state index in [9.17, 15) is 0 Å². The van der Waals surface area contributed by atoms with Crippen LogP contribution in [0.1, 0.15) is 0 Å². The molecule has 4 aromatic rings. The third-order valence-corrected chi connectivity index (χ3v) is 6.07. The molecule has 0 unspecified atom stereocenters. The summed E-state index contributed by atoms with van der Waals surface area (Å²) >= 11 is 3.53. The second-order valence-electron chi connectivity index (χ2n) is 7.58. The van der Waals surface area contributed by atoms with Gasteiger partial charge in [0.15, 0.2) is 11.5 Å². The van der Waals surface area contributed by atoms with Crippen LogP contribution in [0.5, 0.6) is 0 Å². The van der Waals surface area contributed by atoms with Crippen molar-refractivity contribution in [2.24, 2.45) is 0 Å². The van der Waals surface area contributed by atoms with E-state index in [4.69, 9.17) is 0 Å². The molecule has 0 aliphatic carbocycles. The van der Waals surface area contributed by atoms with Crippen molar-refractivity contribution in [3.63, 3.8) is 0 Å². The molecule has 0 atom stereocenters. The molecule has 5 rings (SSSR count). The summed E-state index contributed by atoms with van der Waals surface area (Å²) in [5.41, 5.74) is 7.78. The molecule has 0 spiro atoms. The molecule has 0 bridgehead atoms. The Kier molecular flexibility index (Phi) is 5.25. The number of rotatable bonds is 4. The number of piperazine rings is 1. The molecule has 1 fully saturated rings. The van der Waals surface area contributed by atoms with E-state index in [0.29, 0.717) is 0 Å². The van der Waals surface area contributed by atoms with Gasteiger partial charge in [0, 0.05) is 48.1 Å². The zero-order valence-corrected chi connectivity index (χ0v) is 18.4. The standard InChI is InChI=1S/C23H23BrN6/c1-28-11-13-29(14-12-28)27-22-21-20(17-5-3-2-4-6-17)15-30(23(21)26-16-25-22)19-9-7-18(24)8-10-19/h2-10,15-16H,11-14H2,1H3,(H,25,26,27). The Labute approximate surface area is 184 Å². The Morgan fingerprint density at radius 1 is 0.900 bits per heavy atom. The van der Waals surface area contributed by atoms with Crippen LogP contribution in [0.15, 0.2) is 71.6 Å². The summed E-state index contributed by atoms with van der Waals surface area (Å²) < 4.78 is 3.19. The van der Waals surface area contributed by atoms with Crippen LogP contribution in [0.3, 0.4) is 0 Å². The van der Waals surface area contributed by atoms with Crippen molar-refractivity contribution in [3.05, 3.63) is 71.6 Å². The minimum atomic E-state index is 0.847. The van der Waals surface area contributed by atoms with Crippen LogP contribution < -0.4 is 5.43 Å². The molecule has 1 N–H and O–H groups in total. The van der Waals surface area contributed by atoms with Crippen molar-refractivity contribution in [3.8, 4) is 16.8 Å². The Hall–Kier alpha value is -2.74. The first-order valence-corrected chi connectivity index (χ1v) is 10.9. The monoisotopic (exact) mass is 462 g/mol. The van der Waals surface area contributed by atoms with E-state index < -0.39 is 0 Å². The minimum Gasteiger partial charge on any atom is -0.304 e. The van der Waals surface area contributed by atoms with E-state index in [1.807, 2.05) is 18.2 Å². The van der Waals surface area contributed by atoms with E-state index in [0.717, 1.165) is 64.3 Å². The number of hydrogen-bond donors (Lipinski definition) is 1. The number of nitrogens with one attached hydrogen (secondary N) is 1. The zero-order chi connectivity index (χ0) is 20.5. The minimum absolute atomic E-state index is 0.847. The summed E-state index contributed by atoms with van der Waals surface area (Å²) in [5, 5.41) is 3.28. The van der Waals surface area contributed by atoms with Crippen LogP contribution in [-0.4, -0.2) is 57.7 Å². The normalized spacial score (nSPS) is 15.5. The molecule has 1 aliphatic rings. The molecule has 30 heavy (non-hydrogen) atoms. The number of halogens is 1. The Balaban J connectivity index is 1.65. The summed E-state index contributed by atoms with van der Waals surface area (Å²) in [6.45, 7) is 3.98. The van der Waals surface area contributed by atoms with Crippen molar-refractivity contribution in [1.29, 1.82) is 0 Å². The predicted molar refractivity (Wildman–Crippen MR) is 125 cm³/mol. The highest BCUT2D eigenvalue weighted by Crippen LogP contribution is 2.35. The van der Waals surface area contributed by atoms with Crippen molar-refractivity contribution in [1.82, 2.24) is 24.4 Å². The average molecular weight is 463 g/mol. The molecule has 0 amide bonds. The Morgan fingerprint density at radius 3 is 2.37 bits per heavy atom. The predicted octanol–water partition coefficient (Wildman–Crippen LogP) is 4.42. The maximum Gasteiger partial charge on any atom is 0.153 e. The van der Waals surface area contributed by atoms with Gasteiger partial charge in [0.1, 0.15) is 6.33 Å². The number of benzene rings is 2. The largest absolute Gasteiger partial charge is 0.304 e. The van der Waals surface area contributed by atoms with Gasteiger partial charge in [-0.15, -0.1) is 0 Å². The van der Waals surface area contributed by atoms with E-state index in [2.05, 4.69) is 95.4 Å². The first-order chi connectivity index (χ1) is 14.7. The summed E-state index contributed by atoms with van der Waals surface area (Å²) in [4.78, 5) is 11.6. The zero-order valence-electron chi connectivity index (χ0n) is 16.8. The molecule has 1 saturated heterocycles. The maximum absolute atomic E-state index is 4.67. The van der Waals surface area contributed by atoms with Crippen molar-refractivity contribution < 1.29 is 0 Å². The summed E-state index contributed by atoms with van der Waals surface area (Å²) in [5.74, 6) is 0.847. The fourth-order valence-corrected chi connectivity index (χ4v) is 4.11. The van der Waals surface area contributed by atoms with Crippen LogP contribution in [0.2, 0.25) is 0 Å². The van der Waals surface area contributed by atoms with E-state index in [1.165, 1.54) is 0 Å². The van der Waals surface area contributed by atoms with Gasteiger partial charge < -0.3 is 14.9 Å². The summed E-state index contributed by atoms with van der Waals surface area (Å²) in [7, 11) is 2.16. The fraction of sp³-hybridized carbons (Fsp3) is 0.217. The van der Waals surface area contributed by atoms with Gasteiger partial charge in [-0.25, -0.2) is 15.0 Å². The molecule has 3 heterocycles. The number of fused-ring (bicyclic) bond motifs is 1. The third kappa shape index (κ3) is 3.71.